The minimum atomic E-state index is -0.0587. The Hall–Kier alpha value is -2.25. The SMILES string of the molecule is CCCCSc1ccc(NC(=O)CSc2nnc(C)n2-c2ccccc2)cc1. The Morgan fingerprint density at radius 1 is 1.04 bits per heavy atom. The maximum Gasteiger partial charge on any atom is 0.234 e. The molecule has 0 saturated carbocycles. The van der Waals surface area contributed by atoms with Crippen molar-refractivity contribution in [3.8, 4) is 5.69 Å². The van der Waals surface area contributed by atoms with Crippen LogP contribution < -0.4 is 5.32 Å². The smallest absolute Gasteiger partial charge is 0.234 e. The number of hydrogen-bond donors (Lipinski definition) is 1. The summed E-state index contributed by atoms with van der Waals surface area (Å²) in [5.41, 5.74) is 1.80. The Kier molecular flexibility index (Phi) is 7.56. The van der Waals surface area contributed by atoms with E-state index in [0.717, 1.165) is 23.0 Å². The number of anilines is 1. The molecule has 3 rings (SSSR count). The summed E-state index contributed by atoms with van der Waals surface area (Å²) in [6, 6.07) is 17.9. The van der Waals surface area contributed by atoms with Crippen LogP contribution in [0.5, 0.6) is 0 Å². The van der Waals surface area contributed by atoms with Crippen LogP contribution in [-0.2, 0) is 4.79 Å². The van der Waals surface area contributed by atoms with E-state index in [1.165, 1.54) is 29.5 Å². The van der Waals surface area contributed by atoms with Crippen LogP contribution in [-0.4, -0.2) is 32.2 Å². The number of amides is 1. The number of nitrogens with zero attached hydrogens (tertiary/aromatic N) is 3. The molecular formula is C21H24N4OS2. The lowest BCUT2D eigenvalue weighted by atomic mass is 10.3. The number of rotatable bonds is 9. The third-order valence-corrected chi connectivity index (χ3v) is 6.07. The van der Waals surface area contributed by atoms with E-state index in [2.05, 4.69) is 34.6 Å². The fraction of sp³-hybridized carbons (Fsp3) is 0.286. The normalized spacial score (nSPS) is 10.8. The first-order valence-corrected chi connectivity index (χ1v) is 11.3. The molecule has 0 bridgehead atoms. The number of carbonyl (C=O) groups excluding carboxylic acids is 1. The van der Waals surface area contributed by atoms with Crippen LogP contribution in [0.25, 0.3) is 5.69 Å². The van der Waals surface area contributed by atoms with Crippen molar-refractivity contribution in [2.45, 2.75) is 36.7 Å². The number of benzene rings is 2. The van der Waals surface area contributed by atoms with E-state index in [4.69, 9.17) is 0 Å². The zero-order valence-corrected chi connectivity index (χ0v) is 17.7. The van der Waals surface area contributed by atoms with Crippen LogP contribution in [0.4, 0.5) is 5.69 Å². The Labute approximate surface area is 174 Å². The zero-order chi connectivity index (χ0) is 19.8. The molecule has 1 heterocycles. The monoisotopic (exact) mass is 412 g/mol. The number of aromatic nitrogens is 3. The maximum atomic E-state index is 12.3. The van der Waals surface area contributed by atoms with Gasteiger partial charge in [-0.25, -0.2) is 0 Å². The van der Waals surface area contributed by atoms with Crippen LogP contribution in [0, 0.1) is 6.92 Å². The van der Waals surface area contributed by atoms with Crippen LogP contribution in [0.3, 0.4) is 0 Å². The topological polar surface area (TPSA) is 59.8 Å². The van der Waals surface area contributed by atoms with E-state index < -0.39 is 0 Å². The van der Waals surface area contributed by atoms with Gasteiger partial charge in [0.25, 0.3) is 0 Å². The van der Waals surface area contributed by atoms with Crippen molar-refractivity contribution in [1.29, 1.82) is 0 Å². The van der Waals surface area contributed by atoms with Gasteiger partial charge in [0, 0.05) is 16.3 Å². The predicted octanol–water partition coefficient (Wildman–Crippen LogP) is 5.20. The molecule has 2 aromatic carbocycles. The summed E-state index contributed by atoms with van der Waals surface area (Å²) in [4.78, 5) is 13.6. The van der Waals surface area contributed by atoms with Crippen LogP contribution in [0.2, 0.25) is 0 Å². The molecule has 28 heavy (non-hydrogen) atoms. The van der Waals surface area contributed by atoms with E-state index in [1.807, 2.05) is 65.7 Å². The molecule has 0 fully saturated rings. The van der Waals surface area contributed by atoms with Crippen molar-refractivity contribution in [2.75, 3.05) is 16.8 Å². The molecule has 0 saturated heterocycles. The Bertz CT molecular complexity index is 895. The highest BCUT2D eigenvalue weighted by molar-refractivity contribution is 7.99. The van der Waals surface area contributed by atoms with Gasteiger partial charge in [0.2, 0.25) is 5.91 Å². The van der Waals surface area contributed by atoms with Crippen LogP contribution >= 0.6 is 23.5 Å². The van der Waals surface area contributed by atoms with Gasteiger partial charge in [0.15, 0.2) is 5.16 Å². The summed E-state index contributed by atoms with van der Waals surface area (Å²) in [5, 5.41) is 12.0. The van der Waals surface area contributed by atoms with Gasteiger partial charge in [0.05, 0.1) is 5.75 Å². The lowest BCUT2D eigenvalue weighted by Crippen LogP contribution is -2.14. The number of nitrogens with one attached hydrogen (secondary N) is 1. The molecule has 5 nitrogen and oxygen atoms in total. The Balaban J connectivity index is 1.55. The first kappa shape index (κ1) is 20.5. The maximum absolute atomic E-state index is 12.3. The number of unbranched alkanes of at least 4 members (excludes halogenated alkanes) is 1. The molecule has 0 atom stereocenters. The van der Waals surface area contributed by atoms with E-state index in [9.17, 15) is 4.79 Å². The summed E-state index contributed by atoms with van der Waals surface area (Å²) >= 11 is 3.23. The van der Waals surface area contributed by atoms with Crippen molar-refractivity contribution in [3.63, 3.8) is 0 Å². The lowest BCUT2D eigenvalue weighted by Gasteiger charge is -2.09. The average molecular weight is 413 g/mol. The van der Waals surface area contributed by atoms with E-state index in [-0.39, 0.29) is 11.7 Å². The highest BCUT2D eigenvalue weighted by Crippen LogP contribution is 2.23. The van der Waals surface area contributed by atoms with Gasteiger partial charge in [0.1, 0.15) is 5.82 Å². The van der Waals surface area contributed by atoms with Gasteiger partial charge >= 0.3 is 0 Å². The summed E-state index contributed by atoms with van der Waals surface area (Å²) < 4.78 is 1.96. The number of thioether (sulfide) groups is 2. The highest BCUT2D eigenvalue weighted by Gasteiger charge is 2.13. The third-order valence-electron chi connectivity index (χ3n) is 4.05. The third kappa shape index (κ3) is 5.62. The summed E-state index contributed by atoms with van der Waals surface area (Å²) in [6.07, 6.45) is 2.42. The molecule has 1 amide bonds. The molecule has 146 valence electrons. The van der Waals surface area contributed by atoms with E-state index in [1.54, 1.807) is 0 Å². The standard InChI is InChI=1S/C21H24N4OS2/c1-3-4-14-27-19-12-10-17(11-13-19)22-20(26)15-28-21-24-23-16(2)25(21)18-8-6-5-7-9-18/h5-13H,3-4,14-15H2,1-2H3,(H,22,26). The fourth-order valence-corrected chi connectivity index (χ4v) is 4.40. The van der Waals surface area contributed by atoms with Gasteiger partial charge < -0.3 is 5.32 Å². The van der Waals surface area contributed by atoms with Gasteiger partial charge in [-0.2, -0.15) is 0 Å². The average Bonchev–Trinajstić information content (AvgIpc) is 3.09. The Morgan fingerprint density at radius 2 is 1.79 bits per heavy atom. The van der Waals surface area contributed by atoms with Crippen molar-refractivity contribution < 1.29 is 4.79 Å². The Morgan fingerprint density at radius 3 is 2.50 bits per heavy atom. The van der Waals surface area contributed by atoms with Crippen LogP contribution in [0.1, 0.15) is 25.6 Å². The zero-order valence-electron chi connectivity index (χ0n) is 16.1. The molecule has 1 N–H and O–H groups in total. The van der Waals surface area contributed by atoms with Crippen molar-refractivity contribution in [1.82, 2.24) is 14.8 Å². The van der Waals surface area contributed by atoms with Gasteiger partial charge in [-0.05, 0) is 55.5 Å². The minimum absolute atomic E-state index is 0.0587. The van der Waals surface area contributed by atoms with Crippen molar-refractivity contribution in [2.24, 2.45) is 0 Å². The molecule has 0 spiro atoms. The number of carbonyl (C=O) groups is 1. The molecule has 3 aromatic rings. The fourth-order valence-electron chi connectivity index (χ4n) is 2.61. The summed E-state index contributed by atoms with van der Waals surface area (Å²) in [6.45, 7) is 4.10. The second kappa shape index (κ2) is 10.3. The molecule has 1 aromatic heterocycles. The molecule has 0 aliphatic heterocycles. The van der Waals surface area contributed by atoms with Gasteiger partial charge in [-0.1, -0.05) is 43.3 Å². The van der Waals surface area contributed by atoms with Gasteiger partial charge in [-0.15, -0.1) is 22.0 Å². The summed E-state index contributed by atoms with van der Waals surface area (Å²) in [7, 11) is 0. The minimum Gasteiger partial charge on any atom is -0.325 e. The first-order valence-electron chi connectivity index (χ1n) is 9.30. The second-order valence-electron chi connectivity index (χ2n) is 6.26. The number of hydrogen-bond acceptors (Lipinski definition) is 5. The van der Waals surface area contributed by atoms with Crippen LogP contribution in [0.15, 0.2) is 64.6 Å². The van der Waals surface area contributed by atoms with Gasteiger partial charge in [-0.3, -0.25) is 9.36 Å². The second-order valence-corrected chi connectivity index (χ2v) is 8.37. The molecular weight excluding hydrogens is 388 g/mol. The van der Waals surface area contributed by atoms with E-state index in [0.29, 0.717) is 5.16 Å². The summed E-state index contributed by atoms with van der Waals surface area (Å²) in [5.74, 6) is 2.14. The quantitative estimate of drug-likeness (QED) is 0.387. The largest absolute Gasteiger partial charge is 0.325 e. The molecule has 0 unspecified atom stereocenters. The number of aryl methyl sites for hydroxylation is 1. The predicted molar refractivity (Wildman–Crippen MR) is 118 cm³/mol. The molecule has 0 aliphatic rings. The van der Waals surface area contributed by atoms with Crippen molar-refractivity contribution in [3.05, 3.63) is 60.4 Å². The van der Waals surface area contributed by atoms with Crippen molar-refractivity contribution >= 4 is 35.1 Å². The molecule has 0 radical (unpaired) electrons. The van der Waals surface area contributed by atoms with E-state index >= 15 is 0 Å². The lowest BCUT2D eigenvalue weighted by molar-refractivity contribution is -0.113. The number of para-hydroxylation sites is 1. The molecule has 0 aliphatic carbocycles. The molecule has 7 heteroatoms. The first-order chi connectivity index (χ1) is 13.7. The highest BCUT2D eigenvalue weighted by atomic mass is 32.2.